The summed E-state index contributed by atoms with van der Waals surface area (Å²) in [5, 5.41) is 5.07. The molecule has 2 aromatic rings. The molecule has 6 heteroatoms. The van der Waals surface area contributed by atoms with Crippen molar-refractivity contribution in [2.45, 2.75) is 13.0 Å². The molecule has 0 bridgehead atoms. The molecule has 0 saturated heterocycles. The fraction of sp³-hybridized carbons (Fsp3) is 0.316. The van der Waals surface area contributed by atoms with Gasteiger partial charge in [-0.05, 0) is 63.0 Å². The lowest BCUT2D eigenvalue weighted by Gasteiger charge is -2.27. The van der Waals surface area contributed by atoms with E-state index in [0.717, 1.165) is 31.7 Å². The smallest absolute Gasteiger partial charge is 0.173 e. The molecule has 0 saturated carbocycles. The summed E-state index contributed by atoms with van der Waals surface area (Å²) in [7, 11) is 4.15. The Morgan fingerprint density at radius 1 is 1.04 bits per heavy atom. The van der Waals surface area contributed by atoms with Gasteiger partial charge in [-0.25, -0.2) is 0 Å². The topological polar surface area (TPSA) is 18.5 Å². The minimum absolute atomic E-state index is 0.558. The summed E-state index contributed by atoms with van der Waals surface area (Å²) in [6.45, 7) is 2.63. The van der Waals surface area contributed by atoms with E-state index >= 15 is 0 Å². The van der Waals surface area contributed by atoms with Gasteiger partial charge in [-0.2, -0.15) is 0 Å². The zero-order chi connectivity index (χ0) is 18.2. The van der Waals surface area contributed by atoms with E-state index in [2.05, 4.69) is 41.3 Å². The number of benzene rings is 2. The number of nitrogens with one attached hydrogen (secondary N) is 1. The zero-order valence-corrected chi connectivity index (χ0v) is 16.8. The SMILES string of the molecule is CN(C)CCCN(Cc1ccccc1)C(=S)Nc1ccc(Cl)cc1Cl. The lowest BCUT2D eigenvalue weighted by Crippen LogP contribution is -2.36. The highest BCUT2D eigenvalue weighted by molar-refractivity contribution is 7.80. The third kappa shape index (κ3) is 6.83. The highest BCUT2D eigenvalue weighted by Crippen LogP contribution is 2.25. The summed E-state index contributed by atoms with van der Waals surface area (Å²) in [5.74, 6) is 0. The standard InChI is InChI=1S/C19H23Cl2N3S/c1-23(2)11-6-12-24(14-15-7-4-3-5-8-15)19(25)22-18-10-9-16(20)13-17(18)21/h3-5,7-10,13H,6,11-12,14H2,1-2H3,(H,22,25). The molecule has 2 aromatic carbocycles. The zero-order valence-electron chi connectivity index (χ0n) is 14.5. The van der Waals surface area contributed by atoms with E-state index in [9.17, 15) is 0 Å². The van der Waals surface area contributed by atoms with Gasteiger partial charge in [0.25, 0.3) is 0 Å². The summed E-state index contributed by atoms with van der Waals surface area (Å²) in [6.07, 6.45) is 1.02. The van der Waals surface area contributed by atoms with Crippen molar-refractivity contribution in [2.24, 2.45) is 0 Å². The van der Waals surface area contributed by atoms with Crippen molar-refractivity contribution in [3.63, 3.8) is 0 Å². The fourth-order valence-electron chi connectivity index (χ4n) is 2.42. The van der Waals surface area contributed by atoms with Gasteiger partial charge < -0.3 is 15.1 Å². The van der Waals surface area contributed by atoms with Crippen LogP contribution >= 0.6 is 35.4 Å². The Balaban J connectivity index is 2.07. The number of rotatable bonds is 7. The molecule has 134 valence electrons. The van der Waals surface area contributed by atoms with Gasteiger partial charge in [-0.15, -0.1) is 0 Å². The van der Waals surface area contributed by atoms with E-state index < -0.39 is 0 Å². The Kier molecular flexibility index (Phi) is 7.97. The van der Waals surface area contributed by atoms with E-state index in [0.29, 0.717) is 15.2 Å². The maximum Gasteiger partial charge on any atom is 0.173 e. The van der Waals surface area contributed by atoms with Crippen LogP contribution in [0.5, 0.6) is 0 Å². The van der Waals surface area contributed by atoms with Gasteiger partial charge >= 0.3 is 0 Å². The van der Waals surface area contributed by atoms with Crippen LogP contribution < -0.4 is 5.32 Å². The second-order valence-corrected chi connectivity index (χ2v) is 7.35. The molecule has 3 nitrogen and oxygen atoms in total. The van der Waals surface area contributed by atoms with Crippen LogP contribution in [-0.2, 0) is 6.54 Å². The van der Waals surface area contributed by atoms with Crippen LogP contribution in [0.15, 0.2) is 48.5 Å². The first-order valence-electron chi connectivity index (χ1n) is 8.15. The van der Waals surface area contributed by atoms with Crippen molar-refractivity contribution in [2.75, 3.05) is 32.5 Å². The first-order valence-corrected chi connectivity index (χ1v) is 9.32. The predicted octanol–water partition coefficient (Wildman–Crippen LogP) is 5.14. The van der Waals surface area contributed by atoms with E-state index in [1.165, 1.54) is 5.56 Å². The molecule has 0 spiro atoms. The molecular formula is C19H23Cl2N3S. The summed E-state index contributed by atoms with van der Waals surface area (Å²) in [5.41, 5.74) is 1.99. The normalized spacial score (nSPS) is 10.8. The second kappa shape index (κ2) is 9.97. The Morgan fingerprint density at radius 3 is 2.40 bits per heavy atom. The van der Waals surface area contributed by atoms with E-state index in [1.54, 1.807) is 12.1 Å². The number of hydrogen-bond acceptors (Lipinski definition) is 2. The van der Waals surface area contributed by atoms with E-state index in [4.69, 9.17) is 35.4 Å². The molecule has 0 fully saturated rings. The Labute approximate surface area is 165 Å². The molecule has 0 atom stereocenters. The van der Waals surface area contributed by atoms with Gasteiger partial charge in [0.05, 0.1) is 10.7 Å². The third-order valence-corrected chi connectivity index (χ3v) is 4.62. The van der Waals surface area contributed by atoms with Crippen LogP contribution in [-0.4, -0.2) is 42.1 Å². The summed E-state index contributed by atoms with van der Waals surface area (Å²) < 4.78 is 0. The summed E-state index contributed by atoms with van der Waals surface area (Å²) in [4.78, 5) is 4.34. The average Bonchev–Trinajstić information content (AvgIpc) is 2.57. The number of halogens is 2. The van der Waals surface area contributed by atoms with Crippen LogP contribution in [0.4, 0.5) is 5.69 Å². The molecular weight excluding hydrogens is 373 g/mol. The predicted molar refractivity (Wildman–Crippen MR) is 113 cm³/mol. The Morgan fingerprint density at radius 2 is 1.76 bits per heavy atom. The van der Waals surface area contributed by atoms with Crippen molar-refractivity contribution in [1.82, 2.24) is 9.80 Å². The maximum absolute atomic E-state index is 6.25. The van der Waals surface area contributed by atoms with Gasteiger partial charge in [0, 0.05) is 18.1 Å². The van der Waals surface area contributed by atoms with E-state index in [-0.39, 0.29) is 0 Å². The van der Waals surface area contributed by atoms with Gasteiger partial charge in [0.15, 0.2) is 5.11 Å². The molecule has 0 aliphatic carbocycles. The van der Waals surface area contributed by atoms with Crippen LogP contribution in [0.1, 0.15) is 12.0 Å². The molecule has 0 aliphatic heterocycles. The van der Waals surface area contributed by atoms with Crippen molar-refractivity contribution in [1.29, 1.82) is 0 Å². The largest absolute Gasteiger partial charge is 0.345 e. The highest BCUT2D eigenvalue weighted by atomic mass is 35.5. The molecule has 0 unspecified atom stereocenters. The first-order chi connectivity index (χ1) is 12.0. The molecule has 0 aliphatic rings. The van der Waals surface area contributed by atoms with Crippen molar-refractivity contribution >= 4 is 46.2 Å². The quantitative estimate of drug-likeness (QED) is 0.653. The lowest BCUT2D eigenvalue weighted by atomic mass is 10.2. The summed E-state index contributed by atoms with van der Waals surface area (Å²) in [6, 6.07) is 15.7. The molecule has 25 heavy (non-hydrogen) atoms. The molecule has 0 radical (unpaired) electrons. The third-order valence-electron chi connectivity index (χ3n) is 3.71. The fourth-order valence-corrected chi connectivity index (χ4v) is 3.14. The minimum atomic E-state index is 0.558. The summed E-state index contributed by atoms with van der Waals surface area (Å²) >= 11 is 17.9. The lowest BCUT2D eigenvalue weighted by molar-refractivity contribution is 0.346. The van der Waals surface area contributed by atoms with Crippen LogP contribution in [0.25, 0.3) is 0 Å². The molecule has 0 aromatic heterocycles. The molecule has 0 amide bonds. The average molecular weight is 396 g/mol. The van der Waals surface area contributed by atoms with Crippen LogP contribution in [0.2, 0.25) is 10.0 Å². The van der Waals surface area contributed by atoms with Gasteiger partial charge in [0.2, 0.25) is 0 Å². The van der Waals surface area contributed by atoms with Crippen LogP contribution in [0.3, 0.4) is 0 Å². The number of hydrogen-bond donors (Lipinski definition) is 1. The molecule has 1 N–H and O–H groups in total. The minimum Gasteiger partial charge on any atom is -0.345 e. The van der Waals surface area contributed by atoms with Gasteiger partial charge in [0.1, 0.15) is 0 Å². The van der Waals surface area contributed by atoms with Crippen LogP contribution in [0, 0.1) is 0 Å². The Hall–Kier alpha value is -1.33. The van der Waals surface area contributed by atoms with Gasteiger partial charge in [-0.1, -0.05) is 53.5 Å². The van der Waals surface area contributed by atoms with Gasteiger partial charge in [-0.3, -0.25) is 0 Å². The first kappa shape index (κ1) is 20.0. The number of thiocarbonyl (C=S) groups is 1. The molecule has 0 heterocycles. The van der Waals surface area contributed by atoms with Crippen molar-refractivity contribution in [3.05, 3.63) is 64.1 Å². The highest BCUT2D eigenvalue weighted by Gasteiger charge is 2.12. The molecule has 2 rings (SSSR count). The second-order valence-electron chi connectivity index (χ2n) is 6.12. The maximum atomic E-state index is 6.25. The number of nitrogens with zero attached hydrogens (tertiary/aromatic N) is 2. The van der Waals surface area contributed by atoms with E-state index in [1.807, 2.05) is 24.3 Å². The van der Waals surface area contributed by atoms with Crippen molar-refractivity contribution in [3.8, 4) is 0 Å². The Bertz CT molecular complexity index is 692. The van der Waals surface area contributed by atoms with Crippen molar-refractivity contribution < 1.29 is 0 Å². The number of anilines is 1. The monoisotopic (exact) mass is 395 g/mol.